The summed E-state index contributed by atoms with van der Waals surface area (Å²) >= 11 is 0. The number of rotatable bonds is 8. The molecule has 0 radical (unpaired) electrons. The zero-order valence-corrected chi connectivity index (χ0v) is 14.2. The highest BCUT2D eigenvalue weighted by Crippen LogP contribution is 2.12. The third kappa shape index (κ3) is 6.96. The predicted octanol–water partition coefficient (Wildman–Crippen LogP) is 2.92. The molecular formula is C17H32N2O2. The van der Waals surface area contributed by atoms with Crippen molar-refractivity contribution in [1.29, 1.82) is 0 Å². The molecule has 0 atom stereocenters. The van der Waals surface area contributed by atoms with Gasteiger partial charge in [0.05, 0.1) is 6.54 Å². The van der Waals surface area contributed by atoms with Crippen molar-refractivity contribution in [3.63, 3.8) is 0 Å². The van der Waals surface area contributed by atoms with Crippen molar-refractivity contribution in [2.45, 2.75) is 59.8 Å². The van der Waals surface area contributed by atoms with Crippen molar-refractivity contribution in [2.75, 3.05) is 26.2 Å². The molecule has 0 bridgehead atoms. The molecular weight excluding hydrogens is 264 g/mol. The average molecular weight is 296 g/mol. The maximum absolute atomic E-state index is 12.5. The van der Waals surface area contributed by atoms with E-state index in [1.807, 2.05) is 4.90 Å². The van der Waals surface area contributed by atoms with Crippen LogP contribution in [0, 0.1) is 11.8 Å². The molecule has 1 aliphatic heterocycles. The fraction of sp³-hybridized carbons (Fsp3) is 0.882. The largest absolute Gasteiger partial charge is 0.341 e. The van der Waals surface area contributed by atoms with Gasteiger partial charge in [0.2, 0.25) is 11.8 Å². The van der Waals surface area contributed by atoms with E-state index in [1.165, 1.54) is 0 Å². The first kappa shape index (κ1) is 18.0. The minimum Gasteiger partial charge on any atom is -0.341 e. The number of carbonyl (C=O) groups excluding carboxylic acids is 2. The van der Waals surface area contributed by atoms with Gasteiger partial charge in [0, 0.05) is 26.1 Å². The van der Waals surface area contributed by atoms with Crippen molar-refractivity contribution in [3.8, 4) is 0 Å². The van der Waals surface area contributed by atoms with Gasteiger partial charge >= 0.3 is 0 Å². The van der Waals surface area contributed by atoms with Crippen LogP contribution in [-0.4, -0.2) is 47.8 Å². The molecule has 1 rings (SSSR count). The zero-order chi connectivity index (χ0) is 15.8. The highest BCUT2D eigenvalue weighted by molar-refractivity contribution is 5.85. The van der Waals surface area contributed by atoms with E-state index in [-0.39, 0.29) is 18.4 Å². The Hall–Kier alpha value is -1.06. The molecule has 21 heavy (non-hydrogen) atoms. The lowest BCUT2D eigenvalue weighted by atomic mass is 10.1. The van der Waals surface area contributed by atoms with Crippen molar-refractivity contribution >= 4 is 11.8 Å². The number of amides is 2. The molecule has 0 unspecified atom stereocenters. The monoisotopic (exact) mass is 296 g/mol. The van der Waals surface area contributed by atoms with Crippen LogP contribution in [0.2, 0.25) is 0 Å². The molecule has 0 aromatic rings. The molecule has 122 valence electrons. The van der Waals surface area contributed by atoms with Crippen LogP contribution in [0.5, 0.6) is 0 Å². The summed E-state index contributed by atoms with van der Waals surface area (Å²) in [6.45, 7) is 11.4. The maximum atomic E-state index is 12.5. The van der Waals surface area contributed by atoms with E-state index in [4.69, 9.17) is 0 Å². The van der Waals surface area contributed by atoms with Crippen molar-refractivity contribution < 1.29 is 9.59 Å². The molecule has 0 spiro atoms. The molecule has 0 N–H and O–H groups in total. The Bertz CT molecular complexity index is 328. The number of carbonyl (C=O) groups is 2. The van der Waals surface area contributed by atoms with Gasteiger partial charge < -0.3 is 9.80 Å². The van der Waals surface area contributed by atoms with Gasteiger partial charge in [-0.25, -0.2) is 0 Å². The van der Waals surface area contributed by atoms with Crippen LogP contribution in [0.1, 0.15) is 59.8 Å². The molecule has 0 aromatic heterocycles. The molecule has 1 aliphatic rings. The first-order chi connectivity index (χ1) is 9.90. The zero-order valence-electron chi connectivity index (χ0n) is 14.2. The van der Waals surface area contributed by atoms with Gasteiger partial charge in [-0.2, -0.15) is 0 Å². The second kappa shape index (κ2) is 9.06. The highest BCUT2D eigenvalue weighted by Gasteiger charge is 2.23. The Labute approximate surface area is 129 Å². The van der Waals surface area contributed by atoms with Gasteiger partial charge in [0.1, 0.15) is 0 Å². The van der Waals surface area contributed by atoms with Crippen LogP contribution in [0.15, 0.2) is 0 Å². The molecule has 4 nitrogen and oxygen atoms in total. The molecule has 0 aromatic carbocycles. The SMILES string of the molecule is CC(C)CCN(CCC(C)C)C(=O)CN1CCCCC1=O. The highest BCUT2D eigenvalue weighted by atomic mass is 16.2. The number of likely N-dealkylation sites (tertiary alicyclic amines) is 1. The molecule has 4 heteroatoms. The summed E-state index contributed by atoms with van der Waals surface area (Å²) in [6, 6.07) is 0. The molecule has 2 amide bonds. The van der Waals surface area contributed by atoms with E-state index in [0.717, 1.165) is 45.3 Å². The minimum atomic E-state index is 0.117. The van der Waals surface area contributed by atoms with Crippen LogP contribution < -0.4 is 0 Å². The van der Waals surface area contributed by atoms with Gasteiger partial charge in [-0.1, -0.05) is 27.7 Å². The Balaban J connectivity index is 2.53. The second-order valence-corrected chi connectivity index (χ2v) is 7.02. The third-order valence-electron chi connectivity index (χ3n) is 4.05. The van der Waals surface area contributed by atoms with Gasteiger partial charge in [-0.05, 0) is 37.5 Å². The molecule has 0 saturated carbocycles. The van der Waals surface area contributed by atoms with Crippen molar-refractivity contribution in [1.82, 2.24) is 9.80 Å². The summed E-state index contributed by atoms with van der Waals surface area (Å²) in [5.41, 5.74) is 0. The number of piperidine rings is 1. The lowest BCUT2D eigenvalue weighted by Crippen LogP contribution is -2.45. The summed E-state index contributed by atoms with van der Waals surface area (Å²) in [6.07, 6.45) is 4.64. The lowest BCUT2D eigenvalue weighted by molar-refractivity contribution is -0.142. The molecule has 1 fully saturated rings. The van der Waals surface area contributed by atoms with E-state index in [2.05, 4.69) is 27.7 Å². The van der Waals surface area contributed by atoms with E-state index in [0.29, 0.717) is 18.3 Å². The Morgan fingerprint density at radius 3 is 2.14 bits per heavy atom. The Morgan fingerprint density at radius 1 is 1.10 bits per heavy atom. The Morgan fingerprint density at radius 2 is 1.67 bits per heavy atom. The number of hydrogen-bond donors (Lipinski definition) is 0. The van der Waals surface area contributed by atoms with E-state index < -0.39 is 0 Å². The normalized spacial score (nSPS) is 15.9. The summed E-state index contributed by atoms with van der Waals surface area (Å²) in [5, 5.41) is 0. The van der Waals surface area contributed by atoms with E-state index in [9.17, 15) is 9.59 Å². The molecule has 1 heterocycles. The summed E-state index contributed by atoms with van der Waals surface area (Å²) in [5.74, 6) is 1.45. The van der Waals surface area contributed by atoms with E-state index >= 15 is 0 Å². The van der Waals surface area contributed by atoms with Crippen molar-refractivity contribution in [2.24, 2.45) is 11.8 Å². The molecule has 0 aliphatic carbocycles. The lowest BCUT2D eigenvalue weighted by Gasteiger charge is -2.30. The maximum Gasteiger partial charge on any atom is 0.242 e. The van der Waals surface area contributed by atoms with Gasteiger partial charge in [-0.15, -0.1) is 0 Å². The summed E-state index contributed by atoms with van der Waals surface area (Å²) < 4.78 is 0. The number of hydrogen-bond acceptors (Lipinski definition) is 2. The fourth-order valence-electron chi connectivity index (χ4n) is 2.48. The first-order valence-corrected chi connectivity index (χ1v) is 8.45. The summed E-state index contributed by atoms with van der Waals surface area (Å²) in [4.78, 5) is 28.1. The van der Waals surface area contributed by atoms with Crippen LogP contribution in [0.25, 0.3) is 0 Å². The van der Waals surface area contributed by atoms with Gasteiger partial charge in [-0.3, -0.25) is 9.59 Å². The predicted molar refractivity (Wildman–Crippen MR) is 85.9 cm³/mol. The van der Waals surface area contributed by atoms with Crippen LogP contribution >= 0.6 is 0 Å². The fourth-order valence-corrected chi connectivity index (χ4v) is 2.48. The quantitative estimate of drug-likeness (QED) is 0.691. The topological polar surface area (TPSA) is 40.6 Å². The van der Waals surface area contributed by atoms with Crippen molar-refractivity contribution in [3.05, 3.63) is 0 Å². The minimum absolute atomic E-state index is 0.117. The third-order valence-corrected chi connectivity index (χ3v) is 4.05. The molecule has 1 saturated heterocycles. The smallest absolute Gasteiger partial charge is 0.242 e. The number of nitrogens with zero attached hydrogens (tertiary/aromatic N) is 2. The standard InChI is InChI=1S/C17H32N2O2/c1-14(2)8-11-18(12-9-15(3)4)17(21)13-19-10-6-5-7-16(19)20/h14-15H,5-13H2,1-4H3. The second-order valence-electron chi connectivity index (χ2n) is 7.02. The summed E-state index contributed by atoms with van der Waals surface area (Å²) in [7, 11) is 0. The Kier molecular flexibility index (Phi) is 7.76. The van der Waals surface area contributed by atoms with Gasteiger partial charge in [0.15, 0.2) is 0 Å². The van der Waals surface area contributed by atoms with Crippen LogP contribution in [0.3, 0.4) is 0 Å². The van der Waals surface area contributed by atoms with E-state index in [1.54, 1.807) is 4.90 Å². The van der Waals surface area contributed by atoms with Crippen LogP contribution in [-0.2, 0) is 9.59 Å². The van der Waals surface area contributed by atoms with Gasteiger partial charge in [0.25, 0.3) is 0 Å². The average Bonchev–Trinajstić information content (AvgIpc) is 2.40. The van der Waals surface area contributed by atoms with Crippen LogP contribution in [0.4, 0.5) is 0 Å². The first-order valence-electron chi connectivity index (χ1n) is 8.45.